The van der Waals surface area contributed by atoms with Gasteiger partial charge in [-0.25, -0.2) is 0 Å². The highest BCUT2D eigenvalue weighted by Gasteiger charge is 2.17. The highest BCUT2D eigenvalue weighted by atomic mass is 16.4. The topological polar surface area (TPSA) is 92.4 Å². The molecule has 0 aliphatic carbocycles. The maximum absolute atomic E-state index is 11.2. The number of carboxylic acids is 1. The summed E-state index contributed by atoms with van der Waals surface area (Å²) in [6.07, 6.45) is -0.127. The van der Waals surface area contributed by atoms with Gasteiger partial charge in [-0.2, -0.15) is 0 Å². The van der Waals surface area contributed by atoms with Gasteiger partial charge >= 0.3 is 5.97 Å². The minimum Gasteiger partial charge on any atom is -0.480 e. The molecule has 0 amide bonds. The van der Waals surface area contributed by atoms with E-state index in [0.717, 1.165) is 0 Å². The summed E-state index contributed by atoms with van der Waals surface area (Å²) >= 11 is 0. The molecule has 0 aliphatic rings. The normalized spacial score (nSPS) is 13.7. The average molecular weight is 202 g/mol. The second kappa shape index (κ2) is 5.07. The minimum absolute atomic E-state index is 0.127. The zero-order chi connectivity index (χ0) is 11.4. The molecule has 1 atom stereocenters. The van der Waals surface area contributed by atoms with Crippen LogP contribution in [0.5, 0.6) is 0 Å². The fourth-order valence-electron chi connectivity index (χ4n) is 0.769. The van der Waals surface area contributed by atoms with Crippen LogP contribution in [0.15, 0.2) is 0 Å². The van der Waals surface area contributed by atoms with Gasteiger partial charge in [0.25, 0.3) is 0 Å². The molecule has 14 heavy (non-hydrogen) atoms. The molecule has 5 heteroatoms. The van der Waals surface area contributed by atoms with E-state index in [9.17, 15) is 9.59 Å². The number of nitrogens with one attached hydrogen (secondary N) is 1. The molecule has 82 valence electrons. The Morgan fingerprint density at radius 1 is 1.43 bits per heavy atom. The van der Waals surface area contributed by atoms with Gasteiger partial charge < -0.3 is 16.2 Å². The minimum atomic E-state index is -1.14. The lowest BCUT2D eigenvalue weighted by Gasteiger charge is -2.20. The Morgan fingerprint density at radius 2 is 1.93 bits per heavy atom. The van der Waals surface area contributed by atoms with E-state index in [-0.39, 0.29) is 24.3 Å². The molecule has 0 aliphatic heterocycles. The number of aliphatic carboxylic acids is 1. The molecule has 0 aromatic heterocycles. The Bertz CT molecular complexity index is 221. The SMILES string of the molecule is CC(C)(C)NCC(=O)CC(N)C(=O)O. The Kier molecular flexibility index (Phi) is 4.73. The Labute approximate surface area is 83.7 Å². The Balaban J connectivity index is 3.83. The molecule has 0 fully saturated rings. The van der Waals surface area contributed by atoms with E-state index < -0.39 is 12.0 Å². The van der Waals surface area contributed by atoms with Crippen molar-refractivity contribution in [1.29, 1.82) is 0 Å². The first kappa shape index (κ1) is 13.1. The van der Waals surface area contributed by atoms with Gasteiger partial charge in [-0.15, -0.1) is 0 Å². The van der Waals surface area contributed by atoms with Crippen LogP contribution < -0.4 is 11.1 Å². The lowest BCUT2D eigenvalue weighted by molar-refractivity contribution is -0.140. The quantitative estimate of drug-likeness (QED) is 0.571. The van der Waals surface area contributed by atoms with Crippen LogP contribution in [0.4, 0.5) is 0 Å². The van der Waals surface area contributed by atoms with Gasteiger partial charge in [-0.3, -0.25) is 9.59 Å². The van der Waals surface area contributed by atoms with E-state index in [1.54, 1.807) is 0 Å². The maximum Gasteiger partial charge on any atom is 0.320 e. The smallest absolute Gasteiger partial charge is 0.320 e. The summed E-state index contributed by atoms with van der Waals surface area (Å²) in [5.74, 6) is -1.33. The summed E-state index contributed by atoms with van der Waals surface area (Å²) in [7, 11) is 0. The first-order valence-electron chi connectivity index (χ1n) is 4.47. The molecule has 0 aromatic rings. The number of carbonyl (C=O) groups is 2. The lowest BCUT2D eigenvalue weighted by Crippen LogP contribution is -2.41. The molecule has 0 bridgehead atoms. The first-order chi connectivity index (χ1) is 6.22. The molecule has 0 saturated carbocycles. The predicted octanol–water partition coefficient (Wildman–Crippen LogP) is -0.254. The molecule has 0 rings (SSSR count). The molecule has 0 spiro atoms. The van der Waals surface area contributed by atoms with Gasteiger partial charge in [-0.05, 0) is 20.8 Å². The number of Topliss-reactive ketones (excluding diaryl/α,β-unsaturated/α-hetero) is 1. The zero-order valence-electron chi connectivity index (χ0n) is 8.83. The van der Waals surface area contributed by atoms with Gasteiger partial charge in [0.15, 0.2) is 0 Å². The van der Waals surface area contributed by atoms with Gasteiger partial charge in [0, 0.05) is 12.0 Å². The largest absolute Gasteiger partial charge is 0.480 e. The van der Waals surface area contributed by atoms with E-state index in [1.165, 1.54) is 0 Å². The number of nitrogens with two attached hydrogens (primary N) is 1. The van der Waals surface area contributed by atoms with Crippen molar-refractivity contribution in [3.8, 4) is 0 Å². The number of hydrogen-bond donors (Lipinski definition) is 3. The van der Waals surface area contributed by atoms with E-state index in [4.69, 9.17) is 10.8 Å². The fraction of sp³-hybridized carbons (Fsp3) is 0.778. The Morgan fingerprint density at radius 3 is 2.29 bits per heavy atom. The molecule has 0 radical (unpaired) electrons. The third kappa shape index (κ3) is 6.56. The van der Waals surface area contributed by atoms with Crippen LogP contribution in [0.1, 0.15) is 27.2 Å². The van der Waals surface area contributed by atoms with Crippen LogP contribution in [0.3, 0.4) is 0 Å². The van der Waals surface area contributed by atoms with Gasteiger partial charge in [0.1, 0.15) is 11.8 Å². The molecule has 0 heterocycles. The number of ketones is 1. The standard InChI is InChI=1S/C9H18N2O3/c1-9(2,3)11-5-6(12)4-7(10)8(13)14/h7,11H,4-5,10H2,1-3H3,(H,13,14). The number of rotatable bonds is 5. The van der Waals surface area contributed by atoms with Crippen molar-refractivity contribution in [1.82, 2.24) is 5.32 Å². The number of hydrogen-bond acceptors (Lipinski definition) is 4. The summed E-state index contributed by atoms with van der Waals surface area (Å²) in [6, 6.07) is -1.09. The summed E-state index contributed by atoms with van der Waals surface area (Å²) in [5.41, 5.74) is 5.06. The molecule has 5 nitrogen and oxygen atoms in total. The van der Waals surface area contributed by atoms with Crippen molar-refractivity contribution < 1.29 is 14.7 Å². The summed E-state index contributed by atoms with van der Waals surface area (Å²) < 4.78 is 0. The van der Waals surface area contributed by atoms with E-state index >= 15 is 0 Å². The van der Waals surface area contributed by atoms with Gasteiger partial charge in [0.05, 0.1) is 6.54 Å². The first-order valence-corrected chi connectivity index (χ1v) is 4.47. The average Bonchev–Trinajstić information content (AvgIpc) is 1.99. The summed E-state index contributed by atoms with van der Waals surface area (Å²) in [4.78, 5) is 21.5. The number of carboxylic acid groups (broad SMARTS) is 1. The molecule has 4 N–H and O–H groups in total. The number of carbonyl (C=O) groups excluding carboxylic acids is 1. The molecule has 0 aromatic carbocycles. The summed E-state index contributed by atoms with van der Waals surface area (Å²) in [6.45, 7) is 5.94. The molecule has 0 saturated heterocycles. The van der Waals surface area contributed by atoms with Crippen molar-refractivity contribution >= 4 is 11.8 Å². The van der Waals surface area contributed by atoms with Gasteiger partial charge in [0.2, 0.25) is 0 Å². The molecular formula is C9H18N2O3. The van der Waals surface area contributed by atoms with Crippen LogP contribution in [-0.4, -0.2) is 35.0 Å². The van der Waals surface area contributed by atoms with Crippen molar-refractivity contribution in [3.63, 3.8) is 0 Å². The van der Waals surface area contributed by atoms with Crippen LogP contribution in [0.2, 0.25) is 0 Å². The third-order valence-corrected chi connectivity index (χ3v) is 1.58. The van der Waals surface area contributed by atoms with Crippen LogP contribution in [-0.2, 0) is 9.59 Å². The maximum atomic E-state index is 11.2. The summed E-state index contributed by atoms with van der Waals surface area (Å²) in [5, 5.41) is 11.4. The molecule has 1 unspecified atom stereocenters. The van der Waals surface area contributed by atoms with Crippen molar-refractivity contribution in [2.75, 3.05) is 6.54 Å². The Hall–Kier alpha value is -0.940. The van der Waals surface area contributed by atoms with Crippen molar-refractivity contribution in [2.24, 2.45) is 5.73 Å². The second-order valence-corrected chi connectivity index (χ2v) is 4.29. The van der Waals surface area contributed by atoms with E-state index in [0.29, 0.717) is 0 Å². The zero-order valence-corrected chi connectivity index (χ0v) is 8.83. The van der Waals surface area contributed by atoms with Crippen LogP contribution in [0.25, 0.3) is 0 Å². The predicted molar refractivity (Wildman–Crippen MR) is 53.0 cm³/mol. The van der Waals surface area contributed by atoms with Crippen LogP contribution in [0, 0.1) is 0 Å². The van der Waals surface area contributed by atoms with Crippen molar-refractivity contribution in [2.45, 2.75) is 38.8 Å². The van der Waals surface area contributed by atoms with E-state index in [1.807, 2.05) is 20.8 Å². The lowest BCUT2D eigenvalue weighted by atomic mass is 10.1. The monoisotopic (exact) mass is 202 g/mol. The molecular weight excluding hydrogens is 184 g/mol. The van der Waals surface area contributed by atoms with Crippen LogP contribution >= 0.6 is 0 Å². The fourth-order valence-corrected chi connectivity index (χ4v) is 0.769. The van der Waals surface area contributed by atoms with Crippen molar-refractivity contribution in [3.05, 3.63) is 0 Å². The van der Waals surface area contributed by atoms with Gasteiger partial charge in [-0.1, -0.05) is 0 Å². The highest BCUT2D eigenvalue weighted by Crippen LogP contribution is 1.98. The third-order valence-electron chi connectivity index (χ3n) is 1.58. The highest BCUT2D eigenvalue weighted by molar-refractivity contribution is 5.86. The second-order valence-electron chi connectivity index (χ2n) is 4.29. The van der Waals surface area contributed by atoms with E-state index in [2.05, 4.69) is 5.32 Å².